The highest BCUT2D eigenvalue weighted by molar-refractivity contribution is 8.14. The molecule has 7 nitrogen and oxygen atoms in total. The molecule has 10 heteroatoms. The summed E-state index contributed by atoms with van der Waals surface area (Å²) in [5, 5.41) is 2.30. The van der Waals surface area contributed by atoms with Gasteiger partial charge in [-0.2, -0.15) is 0 Å². The number of carbonyl (C=O) groups is 3. The van der Waals surface area contributed by atoms with Crippen molar-refractivity contribution in [3.8, 4) is 0 Å². The van der Waals surface area contributed by atoms with Gasteiger partial charge in [0, 0.05) is 24.9 Å². The first-order valence-corrected chi connectivity index (χ1v) is 13.1. The number of nitrogens with one attached hydrogen (secondary N) is 1. The van der Waals surface area contributed by atoms with Gasteiger partial charge in [0.25, 0.3) is 0 Å². The second-order valence-corrected chi connectivity index (χ2v) is 10.1. The van der Waals surface area contributed by atoms with Crippen molar-refractivity contribution in [1.29, 1.82) is 0 Å². The monoisotopic (exact) mass is 545 g/mol. The summed E-state index contributed by atoms with van der Waals surface area (Å²) in [5.41, 5.74) is 1.78. The molecule has 0 radical (unpaired) electrons. The number of thioether (sulfide) groups is 1. The Balaban J connectivity index is 1.84. The first kappa shape index (κ1) is 28.4. The van der Waals surface area contributed by atoms with Crippen LogP contribution in [0.2, 0.25) is 5.02 Å². The smallest absolute Gasteiger partial charge is 0.340 e. The number of carbonyl (C=O) groups excluding carboxylic acids is 3. The van der Waals surface area contributed by atoms with Gasteiger partial charge in [-0.05, 0) is 35.7 Å². The molecule has 1 atom stereocenters. The summed E-state index contributed by atoms with van der Waals surface area (Å²) >= 11 is 7.21. The van der Waals surface area contributed by atoms with E-state index in [4.69, 9.17) is 11.6 Å². The van der Waals surface area contributed by atoms with E-state index in [9.17, 15) is 18.8 Å². The fourth-order valence-corrected chi connectivity index (χ4v) is 4.98. The summed E-state index contributed by atoms with van der Waals surface area (Å²) in [6.45, 7) is 3.94. The maximum Gasteiger partial charge on any atom is 0.340 e. The molecular formula is C27H29ClFN3O4S. The van der Waals surface area contributed by atoms with Crippen LogP contribution in [0.25, 0.3) is 0 Å². The first-order chi connectivity index (χ1) is 17.7. The number of hydrogen-bond donors (Lipinski definition) is 1. The third-order valence-electron chi connectivity index (χ3n) is 5.71. The van der Waals surface area contributed by atoms with Crippen LogP contribution in [0.5, 0.6) is 0 Å². The molecule has 3 aromatic rings. The third kappa shape index (κ3) is 7.42. The van der Waals surface area contributed by atoms with Crippen molar-refractivity contribution in [3.63, 3.8) is 0 Å². The van der Waals surface area contributed by atoms with E-state index in [0.29, 0.717) is 22.7 Å². The molecule has 1 heterocycles. The highest BCUT2D eigenvalue weighted by Crippen LogP contribution is 2.34. The van der Waals surface area contributed by atoms with Crippen LogP contribution in [0.3, 0.4) is 0 Å². The molecule has 0 aliphatic carbocycles. The summed E-state index contributed by atoms with van der Waals surface area (Å²) in [5.74, 6) is -0.956. The molecule has 3 rings (SSSR count). The average molecular weight is 546 g/mol. The van der Waals surface area contributed by atoms with Crippen molar-refractivity contribution >= 4 is 40.4 Å². The summed E-state index contributed by atoms with van der Waals surface area (Å²) in [7, 11) is 1.20. The minimum absolute atomic E-state index is 0.135. The lowest BCUT2D eigenvalue weighted by Gasteiger charge is -2.18. The van der Waals surface area contributed by atoms with Gasteiger partial charge in [-0.1, -0.05) is 61.0 Å². The van der Waals surface area contributed by atoms with Crippen molar-refractivity contribution in [2.24, 2.45) is 0 Å². The average Bonchev–Trinajstić information content (AvgIpc) is 3.25. The van der Waals surface area contributed by atoms with Crippen molar-refractivity contribution in [2.75, 3.05) is 7.11 Å². The second-order valence-electron chi connectivity index (χ2n) is 8.39. The van der Waals surface area contributed by atoms with Crippen LogP contribution >= 0.6 is 23.4 Å². The Bertz CT molecular complexity index is 1280. The predicted molar refractivity (Wildman–Crippen MR) is 142 cm³/mol. The van der Waals surface area contributed by atoms with Gasteiger partial charge in [0.15, 0.2) is 5.12 Å². The lowest BCUT2D eigenvalue weighted by molar-refractivity contribution is -0.121. The number of esters is 1. The van der Waals surface area contributed by atoms with Crippen LogP contribution in [0.4, 0.5) is 4.39 Å². The summed E-state index contributed by atoms with van der Waals surface area (Å²) in [6, 6.07) is 11.3. The molecule has 0 saturated carbocycles. The molecule has 0 bridgehead atoms. The number of rotatable bonds is 11. The molecule has 1 aromatic heterocycles. The number of aromatic nitrogens is 2. The van der Waals surface area contributed by atoms with E-state index in [1.165, 1.54) is 26.2 Å². The molecule has 1 amide bonds. The predicted octanol–water partition coefficient (Wildman–Crippen LogP) is 5.49. The van der Waals surface area contributed by atoms with Crippen LogP contribution in [0.1, 0.15) is 64.9 Å². The lowest BCUT2D eigenvalue weighted by atomic mass is 10.1. The molecule has 0 fully saturated rings. The largest absolute Gasteiger partial charge is 0.465 e. The van der Waals surface area contributed by atoms with Crippen molar-refractivity contribution < 1.29 is 23.5 Å². The van der Waals surface area contributed by atoms with E-state index in [2.05, 4.69) is 22.0 Å². The van der Waals surface area contributed by atoms with Crippen molar-refractivity contribution in [1.82, 2.24) is 14.9 Å². The Hall–Kier alpha value is -3.17. The minimum atomic E-state index is -0.804. The first-order valence-electron chi connectivity index (χ1n) is 11.8. The number of unbranched alkanes of at least 4 members (excludes halogenated alkanes) is 1. The Morgan fingerprint density at radius 3 is 2.62 bits per heavy atom. The fraction of sp³-hybridized carbons (Fsp3) is 0.333. The van der Waals surface area contributed by atoms with Crippen LogP contribution in [-0.2, 0) is 33.8 Å². The van der Waals surface area contributed by atoms with Crippen LogP contribution < -0.4 is 5.32 Å². The molecular weight excluding hydrogens is 517 g/mol. The number of methoxy groups -OCH3 is 1. The van der Waals surface area contributed by atoms with Gasteiger partial charge in [-0.3, -0.25) is 9.59 Å². The molecule has 1 N–H and O–H groups in total. The van der Waals surface area contributed by atoms with E-state index in [-0.39, 0.29) is 23.1 Å². The van der Waals surface area contributed by atoms with E-state index < -0.39 is 17.0 Å². The fourth-order valence-electron chi connectivity index (χ4n) is 3.82. The highest BCUT2D eigenvalue weighted by atomic mass is 35.5. The molecule has 37 heavy (non-hydrogen) atoms. The third-order valence-corrected chi connectivity index (χ3v) is 7.09. The van der Waals surface area contributed by atoms with E-state index >= 15 is 0 Å². The number of imidazole rings is 1. The molecule has 2 aromatic carbocycles. The Kier molecular flexibility index (Phi) is 10.3. The van der Waals surface area contributed by atoms with Gasteiger partial charge >= 0.3 is 5.97 Å². The summed E-state index contributed by atoms with van der Waals surface area (Å²) < 4.78 is 21.1. The molecule has 0 aliphatic rings. The lowest BCUT2D eigenvalue weighted by Crippen LogP contribution is -2.29. The number of nitrogens with zero attached hydrogens (tertiary/aromatic N) is 2. The minimum Gasteiger partial charge on any atom is -0.465 e. The van der Waals surface area contributed by atoms with Crippen LogP contribution in [0, 0.1) is 5.82 Å². The quantitative estimate of drug-likeness (QED) is 0.320. The number of benzene rings is 2. The Morgan fingerprint density at radius 2 is 1.97 bits per heavy atom. The number of aryl methyl sites for hydroxylation is 1. The van der Waals surface area contributed by atoms with Gasteiger partial charge in [0.1, 0.15) is 16.9 Å². The number of ether oxygens (including phenoxy) is 1. The number of hydrogen-bond acceptors (Lipinski definition) is 6. The number of amides is 1. The zero-order chi connectivity index (χ0) is 26.9. The standard InChI is InChI=1S/C27H29ClFN3O4S/c1-4-5-10-24-30-14-19(32(24)16-18-11-12-21(23(29)13-18)27(35)36-3)15-31-26(34)25(37-17(2)33)20-8-6-7-9-22(20)28/h6-9,11-14,25H,4-5,10,15-16H2,1-3H3,(H,31,34). The van der Waals surface area contributed by atoms with Gasteiger partial charge in [0.2, 0.25) is 5.91 Å². The molecule has 0 aliphatic heterocycles. The van der Waals surface area contributed by atoms with Gasteiger partial charge in [0.05, 0.1) is 31.1 Å². The summed E-state index contributed by atoms with van der Waals surface area (Å²) in [6.07, 6.45) is 4.30. The zero-order valence-corrected chi connectivity index (χ0v) is 22.5. The molecule has 196 valence electrons. The van der Waals surface area contributed by atoms with Crippen molar-refractivity contribution in [3.05, 3.63) is 87.7 Å². The topological polar surface area (TPSA) is 90.3 Å². The Labute approximate surface area is 224 Å². The van der Waals surface area contributed by atoms with Gasteiger partial charge in [-0.25, -0.2) is 14.2 Å². The normalized spacial score (nSPS) is 11.7. The second kappa shape index (κ2) is 13.4. The van der Waals surface area contributed by atoms with Crippen LogP contribution in [0.15, 0.2) is 48.7 Å². The SMILES string of the molecule is CCCCc1ncc(CNC(=O)C(SC(C)=O)c2ccccc2Cl)n1Cc1ccc(C(=O)OC)c(F)c1. The molecule has 0 saturated heterocycles. The van der Waals surface area contributed by atoms with E-state index in [1.807, 2.05) is 4.57 Å². The van der Waals surface area contributed by atoms with E-state index in [0.717, 1.165) is 42.5 Å². The van der Waals surface area contributed by atoms with Crippen LogP contribution in [-0.4, -0.2) is 33.7 Å². The molecule has 1 unspecified atom stereocenters. The zero-order valence-electron chi connectivity index (χ0n) is 20.9. The van der Waals surface area contributed by atoms with Gasteiger partial charge in [-0.15, -0.1) is 0 Å². The number of halogens is 2. The molecule has 0 spiro atoms. The van der Waals surface area contributed by atoms with E-state index in [1.54, 1.807) is 36.5 Å². The maximum absolute atomic E-state index is 14.5. The summed E-state index contributed by atoms with van der Waals surface area (Å²) in [4.78, 5) is 41.3. The Morgan fingerprint density at radius 1 is 1.22 bits per heavy atom. The highest BCUT2D eigenvalue weighted by Gasteiger charge is 2.25. The van der Waals surface area contributed by atoms with Gasteiger partial charge < -0.3 is 14.6 Å². The maximum atomic E-state index is 14.5. The van der Waals surface area contributed by atoms with Crippen molar-refractivity contribution in [2.45, 2.75) is 51.4 Å².